The van der Waals surface area contributed by atoms with E-state index in [1.165, 1.54) is 12.8 Å². The normalized spacial score (nSPS) is 19.3. The summed E-state index contributed by atoms with van der Waals surface area (Å²) in [5, 5.41) is 6.78. The topological polar surface area (TPSA) is 77.6 Å². The minimum Gasteiger partial charge on any atom is -0.335 e. The number of carbonyl (C=O) groups is 2. The van der Waals surface area contributed by atoms with Crippen LogP contribution >= 0.6 is 11.6 Å². The fourth-order valence-corrected chi connectivity index (χ4v) is 5.11. The maximum absolute atomic E-state index is 12.7. The number of pyridine rings is 1. The lowest BCUT2D eigenvalue weighted by Crippen LogP contribution is -2.57. The van der Waals surface area contributed by atoms with Gasteiger partial charge in [0.1, 0.15) is 0 Å². The number of anilines is 1. The van der Waals surface area contributed by atoms with Gasteiger partial charge in [-0.1, -0.05) is 24.4 Å². The zero-order valence-corrected chi connectivity index (χ0v) is 21.0. The van der Waals surface area contributed by atoms with Gasteiger partial charge in [-0.3, -0.25) is 14.7 Å². The van der Waals surface area contributed by atoms with E-state index >= 15 is 0 Å². The second-order valence-electron chi connectivity index (χ2n) is 9.59. The van der Waals surface area contributed by atoms with Crippen molar-refractivity contribution >= 4 is 29.2 Å². The molecule has 1 saturated carbocycles. The minimum atomic E-state index is -0.209. The molecule has 182 valence electrons. The van der Waals surface area contributed by atoms with Crippen LogP contribution in [-0.2, 0) is 6.54 Å². The van der Waals surface area contributed by atoms with Crippen molar-refractivity contribution in [3.63, 3.8) is 0 Å². The van der Waals surface area contributed by atoms with E-state index < -0.39 is 0 Å². The second kappa shape index (κ2) is 10.7. The number of amides is 3. The van der Waals surface area contributed by atoms with Crippen molar-refractivity contribution in [3.05, 3.63) is 57.9 Å². The van der Waals surface area contributed by atoms with Gasteiger partial charge in [0.05, 0.1) is 5.56 Å². The van der Waals surface area contributed by atoms with E-state index in [0.29, 0.717) is 35.4 Å². The number of hydrogen-bond donors (Lipinski definition) is 2. The van der Waals surface area contributed by atoms with Crippen LogP contribution in [0.2, 0.25) is 5.02 Å². The Morgan fingerprint density at radius 2 is 1.91 bits per heavy atom. The molecule has 1 aliphatic carbocycles. The van der Waals surface area contributed by atoms with Crippen LogP contribution in [0, 0.1) is 13.8 Å². The van der Waals surface area contributed by atoms with E-state index in [1.807, 2.05) is 30.9 Å². The summed E-state index contributed by atoms with van der Waals surface area (Å²) < 4.78 is 0. The number of aryl methyl sites for hydroxylation is 1. The average molecular weight is 484 g/mol. The second-order valence-corrected chi connectivity index (χ2v) is 10.0. The van der Waals surface area contributed by atoms with Gasteiger partial charge in [-0.15, -0.1) is 0 Å². The molecule has 2 fully saturated rings. The molecule has 3 amide bonds. The highest BCUT2D eigenvalue weighted by atomic mass is 35.5. The van der Waals surface area contributed by atoms with Crippen molar-refractivity contribution in [2.45, 2.75) is 65.1 Å². The Hall–Kier alpha value is -2.64. The maximum atomic E-state index is 12.7. The minimum absolute atomic E-state index is 0.0635. The molecule has 2 aliphatic rings. The highest BCUT2D eigenvalue weighted by Crippen LogP contribution is 2.27. The molecular formula is C26H34ClN5O2. The van der Waals surface area contributed by atoms with Crippen molar-refractivity contribution in [2.24, 2.45) is 0 Å². The molecule has 1 unspecified atom stereocenters. The molecule has 0 spiro atoms. The molecule has 1 aliphatic heterocycles. The Bertz CT molecular complexity index is 1040. The first-order valence-electron chi connectivity index (χ1n) is 12.1. The molecule has 7 nitrogen and oxygen atoms in total. The summed E-state index contributed by atoms with van der Waals surface area (Å²) in [4.78, 5) is 34.0. The molecule has 4 rings (SSSR count). The predicted octanol–water partition coefficient (Wildman–Crippen LogP) is 4.76. The number of piperazine rings is 1. The summed E-state index contributed by atoms with van der Waals surface area (Å²) in [6, 6.07) is 7.85. The fraction of sp³-hybridized carbons (Fsp3) is 0.500. The van der Waals surface area contributed by atoms with Crippen molar-refractivity contribution < 1.29 is 9.59 Å². The number of nitrogens with zero attached hydrogens (tertiary/aromatic N) is 3. The molecule has 0 radical (unpaired) electrons. The van der Waals surface area contributed by atoms with Gasteiger partial charge in [0.2, 0.25) is 0 Å². The van der Waals surface area contributed by atoms with Gasteiger partial charge in [-0.2, -0.15) is 0 Å². The molecule has 8 heteroatoms. The van der Waals surface area contributed by atoms with Gasteiger partial charge in [0, 0.05) is 60.9 Å². The average Bonchev–Trinajstić information content (AvgIpc) is 3.30. The van der Waals surface area contributed by atoms with E-state index in [1.54, 1.807) is 18.3 Å². The van der Waals surface area contributed by atoms with Gasteiger partial charge < -0.3 is 15.5 Å². The first-order valence-corrected chi connectivity index (χ1v) is 12.5. The molecule has 1 atom stereocenters. The van der Waals surface area contributed by atoms with E-state index in [2.05, 4.69) is 27.4 Å². The third kappa shape index (κ3) is 5.88. The SMILES string of the molecule is Cc1ccc(C(=O)Nc2cc(Cl)cc(CN3CCN(C(=O)NC4CCCC4)C(C)C3)c2C)cn1. The first-order chi connectivity index (χ1) is 16.3. The van der Waals surface area contributed by atoms with Crippen LogP contribution in [0.25, 0.3) is 0 Å². The lowest BCUT2D eigenvalue weighted by atomic mass is 10.0. The number of benzene rings is 1. The summed E-state index contributed by atoms with van der Waals surface area (Å²) in [7, 11) is 0. The van der Waals surface area contributed by atoms with E-state index in [9.17, 15) is 9.59 Å². The molecule has 2 N–H and O–H groups in total. The molecule has 1 aromatic heterocycles. The van der Waals surface area contributed by atoms with Gasteiger partial charge in [0.15, 0.2) is 0 Å². The smallest absolute Gasteiger partial charge is 0.317 e. The Kier molecular flexibility index (Phi) is 7.73. The highest BCUT2D eigenvalue weighted by Gasteiger charge is 2.29. The van der Waals surface area contributed by atoms with Crippen LogP contribution in [0.3, 0.4) is 0 Å². The third-order valence-corrected chi connectivity index (χ3v) is 7.17. The number of carbonyl (C=O) groups excluding carboxylic acids is 2. The number of halogens is 1. The summed E-state index contributed by atoms with van der Waals surface area (Å²) in [5.41, 5.74) is 4.14. The van der Waals surface area contributed by atoms with Crippen molar-refractivity contribution in [1.82, 2.24) is 20.1 Å². The van der Waals surface area contributed by atoms with Gasteiger partial charge in [-0.25, -0.2) is 4.79 Å². The Morgan fingerprint density at radius 3 is 2.59 bits per heavy atom. The number of rotatable bonds is 5. The molecule has 2 heterocycles. The van der Waals surface area contributed by atoms with Crippen LogP contribution in [0.1, 0.15) is 59.8 Å². The molecule has 0 bridgehead atoms. The number of aromatic nitrogens is 1. The summed E-state index contributed by atoms with van der Waals surface area (Å²) in [6.07, 6.45) is 6.17. The van der Waals surface area contributed by atoms with Crippen LogP contribution in [0.5, 0.6) is 0 Å². The van der Waals surface area contributed by atoms with E-state index in [0.717, 1.165) is 42.8 Å². The van der Waals surface area contributed by atoms with Crippen LogP contribution < -0.4 is 10.6 Å². The largest absolute Gasteiger partial charge is 0.335 e. The van der Waals surface area contributed by atoms with Crippen molar-refractivity contribution in [2.75, 3.05) is 25.0 Å². The first kappa shape index (κ1) is 24.5. The number of nitrogens with one attached hydrogen (secondary N) is 2. The lowest BCUT2D eigenvalue weighted by Gasteiger charge is -2.40. The van der Waals surface area contributed by atoms with Crippen LogP contribution in [0.15, 0.2) is 30.5 Å². The fourth-order valence-electron chi connectivity index (χ4n) is 4.87. The molecule has 1 saturated heterocycles. The molecule has 34 heavy (non-hydrogen) atoms. The maximum Gasteiger partial charge on any atom is 0.317 e. The quantitative estimate of drug-likeness (QED) is 0.642. The van der Waals surface area contributed by atoms with E-state index in [4.69, 9.17) is 11.6 Å². The zero-order chi connectivity index (χ0) is 24.2. The van der Waals surface area contributed by atoms with E-state index in [-0.39, 0.29) is 18.0 Å². The molecular weight excluding hydrogens is 450 g/mol. The third-order valence-electron chi connectivity index (χ3n) is 6.95. The summed E-state index contributed by atoms with van der Waals surface area (Å²) in [6.45, 7) is 8.99. The van der Waals surface area contributed by atoms with Gasteiger partial charge in [0.25, 0.3) is 5.91 Å². The zero-order valence-electron chi connectivity index (χ0n) is 20.2. The number of hydrogen-bond acceptors (Lipinski definition) is 4. The van der Waals surface area contributed by atoms with Crippen LogP contribution in [-0.4, -0.2) is 58.4 Å². The number of urea groups is 1. The van der Waals surface area contributed by atoms with Crippen molar-refractivity contribution in [3.8, 4) is 0 Å². The standard InChI is InChI=1S/C26H34ClN5O2/c1-17-8-9-20(14-28-17)25(33)30-24-13-22(27)12-21(19(24)3)16-31-10-11-32(18(2)15-31)26(34)29-23-6-4-5-7-23/h8-9,12-14,18,23H,4-7,10-11,15-16H2,1-3H3,(H,29,34)(H,30,33). The predicted molar refractivity (Wildman–Crippen MR) is 135 cm³/mol. The summed E-state index contributed by atoms with van der Waals surface area (Å²) >= 11 is 6.42. The van der Waals surface area contributed by atoms with Gasteiger partial charge >= 0.3 is 6.03 Å². The lowest BCUT2D eigenvalue weighted by molar-refractivity contribution is 0.0960. The van der Waals surface area contributed by atoms with Crippen LogP contribution in [0.4, 0.5) is 10.5 Å². The Labute approximate surface area is 206 Å². The Morgan fingerprint density at radius 1 is 1.15 bits per heavy atom. The Balaban J connectivity index is 1.39. The van der Waals surface area contributed by atoms with Gasteiger partial charge in [-0.05, 0) is 69.0 Å². The van der Waals surface area contributed by atoms with Crippen molar-refractivity contribution in [1.29, 1.82) is 0 Å². The summed E-state index contributed by atoms with van der Waals surface area (Å²) in [5.74, 6) is -0.209. The molecule has 2 aromatic rings. The monoisotopic (exact) mass is 483 g/mol. The molecule has 1 aromatic carbocycles. The highest BCUT2D eigenvalue weighted by molar-refractivity contribution is 6.31.